The second kappa shape index (κ2) is 8.05. The lowest BCUT2D eigenvalue weighted by Gasteiger charge is -2.07. The van der Waals surface area contributed by atoms with Crippen LogP contribution in [0.3, 0.4) is 0 Å². The first-order chi connectivity index (χ1) is 15.1. The first kappa shape index (κ1) is 19.6. The summed E-state index contributed by atoms with van der Waals surface area (Å²) in [6.45, 7) is 2.69. The van der Waals surface area contributed by atoms with Gasteiger partial charge in [0.15, 0.2) is 5.70 Å². The van der Waals surface area contributed by atoms with E-state index in [1.54, 1.807) is 4.49 Å². The smallest absolute Gasteiger partial charge is 0.355 e. The number of nitrogens with zero attached hydrogens (tertiary/aromatic N) is 1. The van der Waals surface area contributed by atoms with E-state index in [2.05, 4.69) is 72.6 Å². The lowest BCUT2D eigenvalue weighted by atomic mass is 10.0. The van der Waals surface area contributed by atoms with E-state index in [0.717, 1.165) is 35.5 Å². The molecule has 0 atom stereocenters. The molecule has 0 bridgehead atoms. The van der Waals surface area contributed by atoms with Crippen molar-refractivity contribution < 1.29 is 4.49 Å². The molecular formula is C27H25BN3+. The van der Waals surface area contributed by atoms with E-state index in [9.17, 15) is 0 Å². The highest BCUT2D eigenvalue weighted by atomic mass is 14.9. The molecule has 2 aliphatic rings. The Balaban J connectivity index is 1.45. The van der Waals surface area contributed by atoms with Gasteiger partial charge in [0, 0.05) is 23.4 Å². The summed E-state index contributed by atoms with van der Waals surface area (Å²) in [6, 6.07) is 17.6. The van der Waals surface area contributed by atoms with Crippen LogP contribution in [0.2, 0.25) is 0 Å². The van der Waals surface area contributed by atoms with Gasteiger partial charge in [-0.05, 0) is 77.9 Å². The van der Waals surface area contributed by atoms with E-state index >= 15 is 0 Å². The summed E-state index contributed by atoms with van der Waals surface area (Å²) < 4.78 is 1.66. The zero-order chi connectivity index (χ0) is 21.4. The standard InChI is InChI=1S/C27H25BN3/c1-18-15-22(30-27(18)24(12-13-29)26-7-4-14-31(26)28)11-9-19-8-10-21-17-20-5-2-3-6-23(20)25(21)16-19/h2-11,14-16,30H,12-13,17,29H2,1H3/q+1/b11-9+. The number of nitrogens with one attached hydrogen (secondary N) is 1. The number of aryl methyl sites for hydroxylation is 1. The first-order valence-electron chi connectivity index (χ1n) is 10.7. The van der Waals surface area contributed by atoms with Gasteiger partial charge in [-0.2, -0.15) is 0 Å². The van der Waals surface area contributed by atoms with Crippen LogP contribution in [-0.4, -0.2) is 30.2 Å². The monoisotopic (exact) mass is 402 g/mol. The second-order valence-electron chi connectivity index (χ2n) is 8.18. The van der Waals surface area contributed by atoms with Gasteiger partial charge in [-0.25, -0.2) is 0 Å². The first-order valence-corrected chi connectivity index (χ1v) is 10.7. The number of hydrogen-bond acceptors (Lipinski definition) is 1. The van der Waals surface area contributed by atoms with E-state index in [1.165, 1.54) is 33.4 Å². The molecule has 2 heterocycles. The number of aromatic nitrogens is 1. The van der Waals surface area contributed by atoms with E-state index < -0.39 is 0 Å². The molecule has 0 spiro atoms. The Bertz CT molecular complexity index is 1290. The number of aromatic amines is 1. The Morgan fingerprint density at radius 1 is 1.10 bits per heavy atom. The molecule has 5 rings (SSSR count). The van der Waals surface area contributed by atoms with E-state index in [-0.39, 0.29) is 0 Å². The molecule has 0 unspecified atom stereocenters. The van der Waals surface area contributed by atoms with Crippen LogP contribution in [0.15, 0.2) is 66.4 Å². The molecule has 3 nitrogen and oxygen atoms in total. The van der Waals surface area contributed by atoms with Gasteiger partial charge in [0.05, 0.1) is 5.69 Å². The highest BCUT2D eigenvalue weighted by Gasteiger charge is 2.20. The van der Waals surface area contributed by atoms with E-state index in [0.29, 0.717) is 6.54 Å². The highest BCUT2D eigenvalue weighted by Crippen LogP contribution is 2.37. The van der Waals surface area contributed by atoms with Crippen LogP contribution < -0.4 is 5.73 Å². The molecule has 0 saturated carbocycles. The molecular weight excluding hydrogens is 377 g/mol. The Morgan fingerprint density at radius 2 is 1.94 bits per heavy atom. The van der Waals surface area contributed by atoms with Crippen LogP contribution in [0.25, 0.3) is 28.9 Å². The Labute approximate surface area is 184 Å². The third-order valence-electron chi connectivity index (χ3n) is 6.10. The van der Waals surface area contributed by atoms with Crippen LogP contribution in [-0.2, 0) is 6.42 Å². The summed E-state index contributed by atoms with van der Waals surface area (Å²) in [6.07, 6.45) is 11.9. The topological polar surface area (TPSA) is 44.8 Å². The maximum Gasteiger partial charge on any atom is 0.586 e. The molecule has 0 amide bonds. The lowest BCUT2D eigenvalue weighted by molar-refractivity contribution is -0.294. The predicted molar refractivity (Wildman–Crippen MR) is 131 cm³/mol. The van der Waals surface area contributed by atoms with Gasteiger partial charge in [-0.15, -0.1) is 0 Å². The highest BCUT2D eigenvalue weighted by molar-refractivity contribution is 6.01. The van der Waals surface area contributed by atoms with Gasteiger partial charge >= 0.3 is 7.98 Å². The summed E-state index contributed by atoms with van der Waals surface area (Å²) in [7, 11) is 6.11. The van der Waals surface area contributed by atoms with Crippen molar-refractivity contribution in [2.75, 3.05) is 6.54 Å². The third-order valence-corrected chi connectivity index (χ3v) is 6.10. The van der Waals surface area contributed by atoms with Gasteiger partial charge in [-0.3, -0.25) is 4.49 Å². The zero-order valence-electron chi connectivity index (χ0n) is 17.7. The zero-order valence-corrected chi connectivity index (χ0v) is 17.7. The number of H-pyrrole nitrogens is 1. The fourth-order valence-electron chi connectivity index (χ4n) is 4.59. The number of fused-ring (bicyclic) bond motifs is 3. The third kappa shape index (κ3) is 3.64. The minimum Gasteiger partial charge on any atom is -0.355 e. The number of allylic oxidation sites excluding steroid dienone is 2. The summed E-state index contributed by atoms with van der Waals surface area (Å²) in [5.41, 5.74) is 18.1. The van der Waals surface area contributed by atoms with Crippen molar-refractivity contribution in [3.63, 3.8) is 0 Å². The lowest BCUT2D eigenvalue weighted by Crippen LogP contribution is -2.09. The molecule has 0 fully saturated rings. The molecule has 2 aromatic carbocycles. The fourth-order valence-corrected chi connectivity index (χ4v) is 4.59. The number of hydrogen-bond donors (Lipinski definition) is 2. The number of rotatable bonds is 5. The Kier molecular flexibility index (Phi) is 5.09. The van der Waals surface area contributed by atoms with Crippen molar-refractivity contribution in [2.24, 2.45) is 5.73 Å². The van der Waals surface area contributed by atoms with Crippen LogP contribution >= 0.6 is 0 Å². The number of benzene rings is 2. The van der Waals surface area contributed by atoms with E-state index in [4.69, 9.17) is 13.7 Å². The minimum absolute atomic E-state index is 0.570. The maximum absolute atomic E-state index is 6.11. The quantitative estimate of drug-likeness (QED) is 0.460. The van der Waals surface area contributed by atoms with Gasteiger partial charge in [-0.1, -0.05) is 42.5 Å². The second-order valence-corrected chi connectivity index (χ2v) is 8.18. The average molecular weight is 402 g/mol. The molecule has 1 aromatic heterocycles. The van der Waals surface area contributed by atoms with Crippen molar-refractivity contribution in [2.45, 2.75) is 19.8 Å². The SMILES string of the molecule is [B][N+]1=CC=CC1=C(CCN)c1[nH]c(/C=C/c2ccc3c(c2)-c2ccccc2C3)cc1C. The molecule has 1 aliphatic heterocycles. The molecule has 3 aromatic rings. The van der Waals surface area contributed by atoms with Crippen LogP contribution in [0, 0.1) is 6.92 Å². The van der Waals surface area contributed by atoms with Crippen LogP contribution in [0.1, 0.15) is 40.1 Å². The van der Waals surface area contributed by atoms with Gasteiger partial charge < -0.3 is 10.7 Å². The molecule has 150 valence electrons. The maximum atomic E-state index is 6.11. The van der Waals surface area contributed by atoms with Crippen molar-refractivity contribution in [3.05, 3.63) is 100 Å². The van der Waals surface area contributed by atoms with Crippen molar-refractivity contribution in [3.8, 4) is 11.1 Å². The predicted octanol–water partition coefficient (Wildman–Crippen LogP) is 4.86. The average Bonchev–Trinajstić information content (AvgIpc) is 3.47. The normalized spacial score (nSPS) is 16.0. The largest absolute Gasteiger partial charge is 0.586 e. The van der Waals surface area contributed by atoms with Crippen LogP contribution in [0.5, 0.6) is 0 Å². The number of nitrogens with two attached hydrogens (primary N) is 1. The van der Waals surface area contributed by atoms with Crippen molar-refractivity contribution in [1.82, 2.24) is 4.98 Å². The fraction of sp³-hybridized carbons (Fsp3) is 0.148. The summed E-state index contributed by atoms with van der Waals surface area (Å²) in [5.74, 6) is 0. The minimum atomic E-state index is 0.570. The van der Waals surface area contributed by atoms with Crippen LogP contribution in [0.4, 0.5) is 0 Å². The van der Waals surface area contributed by atoms with Crippen molar-refractivity contribution >= 4 is 31.9 Å². The Morgan fingerprint density at radius 3 is 2.74 bits per heavy atom. The molecule has 3 N–H and O–H groups in total. The van der Waals surface area contributed by atoms with Gasteiger partial charge in [0.1, 0.15) is 6.21 Å². The molecule has 1 aliphatic carbocycles. The molecule has 4 heteroatoms. The van der Waals surface area contributed by atoms with E-state index in [1.807, 2.05) is 18.4 Å². The molecule has 2 radical (unpaired) electrons. The van der Waals surface area contributed by atoms with Gasteiger partial charge in [0.25, 0.3) is 0 Å². The van der Waals surface area contributed by atoms with Crippen molar-refractivity contribution in [1.29, 1.82) is 0 Å². The molecule has 0 saturated heterocycles. The Hall–Kier alpha value is -3.37. The van der Waals surface area contributed by atoms with Gasteiger partial charge in [0.2, 0.25) is 0 Å². The summed E-state index contributed by atoms with van der Waals surface area (Å²) in [5, 5.41) is 0. The molecule has 31 heavy (non-hydrogen) atoms. The summed E-state index contributed by atoms with van der Waals surface area (Å²) in [4.78, 5) is 3.57. The summed E-state index contributed by atoms with van der Waals surface area (Å²) >= 11 is 0.